The first-order chi connectivity index (χ1) is 14.7. The average molecular weight is 464 g/mol. The number of carbonyl (C=O) groups excluding carboxylic acids is 1. The molecule has 0 aliphatic carbocycles. The SMILES string of the molecule is CSC1(Cc2ccccc2)C(=O)Nc2ccc(Oc3ccc(C(F)(F)F)cc3Cl)cc21. The molecule has 0 spiro atoms. The Bertz CT molecular complexity index is 1140. The number of benzene rings is 3. The van der Waals surface area contributed by atoms with Crippen LogP contribution in [0.3, 0.4) is 0 Å². The van der Waals surface area contributed by atoms with Crippen LogP contribution in [0.2, 0.25) is 5.02 Å². The third-order valence-electron chi connectivity index (χ3n) is 5.17. The van der Waals surface area contributed by atoms with Crippen molar-refractivity contribution in [3.8, 4) is 11.5 Å². The molecular formula is C23H17ClF3NO2S. The number of fused-ring (bicyclic) bond motifs is 1. The predicted molar refractivity (Wildman–Crippen MR) is 117 cm³/mol. The molecule has 0 saturated carbocycles. The summed E-state index contributed by atoms with van der Waals surface area (Å²) in [6.07, 6.45) is -2.13. The number of carbonyl (C=O) groups is 1. The number of anilines is 1. The molecule has 3 aromatic carbocycles. The van der Waals surface area contributed by atoms with E-state index in [4.69, 9.17) is 16.3 Å². The van der Waals surface area contributed by atoms with Crippen molar-refractivity contribution in [2.75, 3.05) is 11.6 Å². The standard InChI is InChI=1S/C23H17ClF3NO2S/c1-31-22(13-14-5-3-2-4-6-14)17-12-16(8-9-19(17)28-21(22)29)30-20-10-7-15(11-18(20)24)23(25,26)27/h2-12H,13H2,1H3,(H,28,29). The fraction of sp³-hybridized carbons (Fsp3) is 0.174. The van der Waals surface area contributed by atoms with Crippen LogP contribution < -0.4 is 10.1 Å². The highest BCUT2D eigenvalue weighted by molar-refractivity contribution is 8.00. The lowest BCUT2D eigenvalue weighted by molar-refractivity contribution is -0.137. The Morgan fingerprint density at radius 1 is 1.06 bits per heavy atom. The third kappa shape index (κ3) is 4.12. The van der Waals surface area contributed by atoms with Crippen LogP contribution in [0.15, 0.2) is 66.7 Å². The van der Waals surface area contributed by atoms with Gasteiger partial charge in [0.15, 0.2) is 0 Å². The largest absolute Gasteiger partial charge is 0.456 e. The fourth-order valence-electron chi connectivity index (χ4n) is 3.60. The minimum atomic E-state index is -4.49. The molecule has 0 fully saturated rings. The topological polar surface area (TPSA) is 38.3 Å². The monoisotopic (exact) mass is 463 g/mol. The lowest BCUT2D eigenvalue weighted by atomic mass is 9.92. The van der Waals surface area contributed by atoms with Gasteiger partial charge in [-0.2, -0.15) is 13.2 Å². The van der Waals surface area contributed by atoms with Gasteiger partial charge in [-0.25, -0.2) is 0 Å². The smallest absolute Gasteiger partial charge is 0.416 e. The second kappa shape index (κ2) is 8.13. The van der Waals surface area contributed by atoms with Crippen LogP contribution in [0, 0.1) is 0 Å². The molecule has 1 unspecified atom stereocenters. The molecule has 1 heterocycles. The van der Waals surface area contributed by atoms with E-state index in [0.717, 1.165) is 23.3 Å². The van der Waals surface area contributed by atoms with E-state index in [-0.39, 0.29) is 16.7 Å². The molecule has 1 atom stereocenters. The Morgan fingerprint density at radius 2 is 1.81 bits per heavy atom. The summed E-state index contributed by atoms with van der Waals surface area (Å²) >= 11 is 7.45. The molecule has 1 amide bonds. The quantitative estimate of drug-likeness (QED) is 0.447. The highest BCUT2D eigenvalue weighted by Gasteiger charge is 2.46. The number of hydrogen-bond acceptors (Lipinski definition) is 3. The molecule has 31 heavy (non-hydrogen) atoms. The number of ether oxygens (including phenoxy) is 1. The van der Waals surface area contributed by atoms with Gasteiger partial charge < -0.3 is 10.1 Å². The van der Waals surface area contributed by atoms with E-state index < -0.39 is 16.5 Å². The van der Waals surface area contributed by atoms with E-state index in [0.29, 0.717) is 17.9 Å². The Morgan fingerprint density at radius 3 is 2.45 bits per heavy atom. The van der Waals surface area contributed by atoms with Crippen molar-refractivity contribution in [2.24, 2.45) is 0 Å². The maximum Gasteiger partial charge on any atom is 0.416 e. The van der Waals surface area contributed by atoms with Crippen LogP contribution in [-0.2, 0) is 22.1 Å². The summed E-state index contributed by atoms with van der Waals surface area (Å²) in [6, 6.07) is 17.7. The van der Waals surface area contributed by atoms with Crippen molar-refractivity contribution in [3.05, 3.63) is 88.4 Å². The summed E-state index contributed by atoms with van der Waals surface area (Å²) in [5, 5.41) is 2.77. The van der Waals surface area contributed by atoms with Gasteiger partial charge in [-0.1, -0.05) is 41.9 Å². The molecular weight excluding hydrogens is 447 g/mol. The first kappa shape index (κ1) is 21.6. The molecule has 1 aliphatic rings. The lowest BCUT2D eigenvalue weighted by Gasteiger charge is -2.25. The van der Waals surface area contributed by atoms with E-state index in [2.05, 4.69) is 5.32 Å². The highest BCUT2D eigenvalue weighted by atomic mass is 35.5. The van der Waals surface area contributed by atoms with E-state index in [1.807, 2.05) is 36.6 Å². The summed E-state index contributed by atoms with van der Waals surface area (Å²) in [7, 11) is 0. The van der Waals surface area contributed by atoms with Crippen molar-refractivity contribution >= 4 is 35.0 Å². The van der Waals surface area contributed by atoms with Gasteiger partial charge in [-0.15, -0.1) is 11.8 Å². The molecule has 8 heteroatoms. The van der Waals surface area contributed by atoms with Crippen LogP contribution in [0.4, 0.5) is 18.9 Å². The van der Waals surface area contributed by atoms with E-state index in [1.54, 1.807) is 18.2 Å². The van der Waals surface area contributed by atoms with Gasteiger partial charge >= 0.3 is 6.18 Å². The number of halogens is 4. The second-order valence-corrected chi connectivity index (χ2v) is 8.61. The minimum Gasteiger partial charge on any atom is -0.456 e. The summed E-state index contributed by atoms with van der Waals surface area (Å²) in [5.41, 5.74) is 1.60. The summed E-state index contributed by atoms with van der Waals surface area (Å²) in [5.74, 6) is 0.358. The van der Waals surface area contributed by atoms with E-state index in [1.165, 1.54) is 17.8 Å². The number of hydrogen-bond donors (Lipinski definition) is 1. The van der Waals surface area contributed by atoms with E-state index in [9.17, 15) is 18.0 Å². The molecule has 0 aromatic heterocycles. The Hall–Kier alpha value is -2.64. The van der Waals surface area contributed by atoms with Crippen molar-refractivity contribution in [2.45, 2.75) is 17.3 Å². The van der Waals surface area contributed by atoms with Crippen molar-refractivity contribution in [3.63, 3.8) is 0 Å². The maximum absolute atomic E-state index is 12.9. The van der Waals surface area contributed by atoms with Crippen LogP contribution >= 0.6 is 23.4 Å². The van der Waals surface area contributed by atoms with Gasteiger partial charge in [-0.05, 0) is 48.2 Å². The third-order valence-corrected chi connectivity index (χ3v) is 6.71. The van der Waals surface area contributed by atoms with Crippen molar-refractivity contribution in [1.82, 2.24) is 0 Å². The van der Waals surface area contributed by atoms with Crippen LogP contribution in [0.25, 0.3) is 0 Å². The van der Waals surface area contributed by atoms with Gasteiger partial charge in [0.25, 0.3) is 0 Å². The number of nitrogens with one attached hydrogen (secondary N) is 1. The molecule has 1 N–H and O–H groups in total. The first-order valence-electron chi connectivity index (χ1n) is 9.32. The second-order valence-electron chi connectivity index (χ2n) is 7.10. The molecule has 4 rings (SSSR count). The molecule has 0 radical (unpaired) electrons. The zero-order chi connectivity index (χ0) is 22.2. The highest BCUT2D eigenvalue weighted by Crippen LogP contribution is 2.49. The van der Waals surface area contributed by atoms with E-state index >= 15 is 0 Å². The summed E-state index contributed by atoms with van der Waals surface area (Å²) in [4.78, 5) is 12.9. The van der Waals surface area contributed by atoms with Gasteiger partial charge in [-0.3, -0.25) is 4.79 Å². The van der Waals surface area contributed by atoms with Gasteiger partial charge in [0, 0.05) is 17.7 Å². The normalized spacial score (nSPS) is 17.9. The fourth-order valence-corrected chi connectivity index (χ4v) is 4.75. The Kier molecular flexibility index (Phi) is 5.66. The van der Waals surface area contributed by atoms with Crippen LogP contribution in [-0.4, -0.2) is 12.2 Å². The summed E-state index contributed by atoms with van der Waals surface area (Å²) in [6.45, 7) is 0. The van der Waals surface area contributed by atoms with Gasteiger partial charge in [0.1, 0.15) is 16.2 Å². The average Bonchev–Trinajstić information content (AvgIpc) is 3.01. The number of amides is 1. The molecule has 0 saturated heterocycles. The molecule has 1 aliphatic heterocycles. The lowest BCUT2D eigenvalue weighted by Crippen LogP contribution is -2.33. The minimum absolute atomic E-state index is 0.102. The predicted octanol–water partition coefficient (Wildman–Crippen LogP) is 6.90. The van der Waals surface area contributed by atoms with Gasteiger partial charge in [0.2, 0.25) is 5.91 Å². The molecule has 3 aromatic rings. The number of thioether (sulfide) groups is 1. The van der Waals surface area contributed by atoms with Crippen molar-refractivity contribution < 1.29 is 22.7 Å². The zero-order valence-corrected chi connectivity index (χ0v) is 17.9. The molecule has 0 bridgehead atoms. The zero-order valence-electron chi connectivity index (χ0n) is 16.3. The Labute approximate surface area is 186 Å². The van der Waals surface area contributed by atoms with Crippen molar-refractivity contribution in [1.29, 1.82) is 0 Å². The molecule has 160 valence electrons. The van der Waals surface area contributed by atoms with Crippen LogP contribution in [0.1, 0.15) is 16.7 Å². The summed E-state index contributed by atoms with van der Waals surface area (Å²) < 4.78 is 43.6. The number of alkyl halides is 3. The van der Waals surface area contributed by atoms with Crippen LogP contribution in [0.5, 0.6) is 11.5 Å². The Balaban J connectivity index is 1.68. The number of rotatable bonds is 5. The van der Waals surface area contributed by atoms with Gasteiger partial charge in [0.05, 0.1) is 10.6 Å². The molecule has 3 nitrogen and oxygen atoms in total. The maximum atomic E-state index is 12.9. The first-order valence-corrected chi connectivity index (χ1v) is 10.9.